The van der Waals surface area contributed by atoms with Crippen LogP contribution in [-0.2, 0) is 10.0 Å². The van der Waals surface area contributed by atoms with E-state index in [2.05, 4.69) is 4.72 Å². The Morgan fingerprint density at radius 2 is 1.93 bits per heavy atom. The maximum atomic E-state index is 10.9. The molecule has 0 bridgehead atoms. The van der Waals surface area contributed by atoms with Crippen LogP contribution in [0.3, 0.4) is 0 Å². The number of aliphatic hydroxyl groups excluding tert-OH is 2. The lowest BCUT2D eigenvalue weighted by Gasteiger charge is -2.25. The minimum atomic E-state index is -3.23. The molecule has 0 saturated carbocycles. The summed E-state index contributed by atoms with van der Waals surface area (Å²) in [6, 6.07) is 0. The molecule has 0 aromatic heterocycles. The number of aliphatic hydroxyl groups is 2. The quantitative estimate of drug-likeness (QED) is 0.566. The van der Waals surface area contributed by atoms with Crippen LogP contribution in [0.1, 0.15) is 26.7 Å². The van der Waals surface area contributed by atoms with Gasteiger partial charge < -0.3 is 10.2 Å². The summed E-state index contributed by atoms with van der Waals surface area (Å²) < 4.78 is 24.3. The highest BCUT2D eigenvalue weighted by Crippen LogP contribution is 2.13. The molecule has 0 aromatic rings. The highest BCUT2D eigenvalue weighted by atomic mass is 32.2. The molecule has 86 valence electrons. The van der Waals surface area contributed by atoms with Crippen LogP contribution in [0, 0.1) is 0 Å². The van der Waals surface area contributed by atoms with Crippen molar-refractivity contribution in [2.24, 2.45) is 0 Å². The van der Waals surface area contributed by atoms with Crippen LogP contribution in [0.4, 0.5) is 0 Å². The van der Waals surface area contributed by atoms with Gasteiger partial charge in [0.25, 0.3) is 0 Å². The van der Waals surface area contributed by atoms with Crippen LogP contribution in [0.2, 0.25) is 0 Å². The molecule has 0 fully saturated rings. The first kappa shape index (κ1) is 13.8. The second-order valence-electron chi connectivity index (χ2n) is 4.13. The highest BCUT2D eigenvalue weighted by molar-refractivity contribution is 7.88. The molecule has 0 aromatic carbocycles. The number of hydrogen-bond donors (Lipinski definition) is 3. The summed E-state index contributed by atoms with van der Waals surface area (Å²) in [6.45, 7) is 3.17. The van der Waals surface area contributed by atoms with Crippen molar-refractivity contribution in [1.82, 2.24) is 4.72 Å². The van der Waals surface area contributed by atoms with E-state index in [1.54, 1.807) is 13.8 Å². The molecule has 5 nitrogen and oxygen atoms in total. The van der Waals surface area contributed by atoms with Gasteiger partial charge in [0, 0.05) is 5.54 Å². The first-order chi connectivity index (χ1) is 6.16. The van der Waals surface area contributed by atoms with Crippen LogP contribution in [-0.4, -0.2) is 43.1 Å². The lowest BCUT2D eigenvalue weighted by atomic mass is 9.98. The molecule has 6 heteroatoms. The molecule has 0 radical (unpaired) electrons. The lowest BCUT2D eigenvalue weighted by Crippen LogP contribution is -2.43. The van der Waals surface area contributed by atoms with Gasteiger partial charge in [-0.25, -0.2) is 13.1 Å². The summed E-state index contributed by atoms with van der Waals surface area (Å²) in [7, 11) is -3.23. The average molecular weight is 225 g/mol. The van der Waals surface area contributed by atoms with Gasteiger partial charge in [-0.05, 0) is 26.7 Å². The molecule has 0 spiro atoms. The molecule has 1 unspecified atom stereocenters. The van der Waals surface area contributed by atoms with E-state index in [9.17, 15) is 8.42 Å². The molecular formula is C8H19NO4S. The van der Waals surface area contributed by atoms with E-state index in [1.807, 2.05) is 0 Å². The van der Waals surface area contributed by atoms with Gasteiger partial charge in [-0.1, -0.05) is 0 Å². The van der Waals surface area contributed by atoms with Gasteiger partial charge in [0.1, 0.15) is 0 Å². The summed E-state index contributed by atoms with van der Waals surface area (Å²) in [5, 5.41) is 17.7. The molecule has 14 heavy (non-hydrogen) atoms. The first-order valence-corrected chi connectivity index (χ1v) is 6.33. The fourth-order valence-electron chi connectivity index (χ4n) is 1.17. The van der Waals surface area contributed by atoms with E-state index in [0.717, 1.165) is 6.26 Å². The fourth-order valence-corrected chi connectivity index (χ4v) is 2.28. The largest absolute Gasteiger partial charge is 0.394 e. The predicted octanol–water partition coefficient (Wildman–Crippen LogP) is -0.552. The third kappa shape index (κ3) is 7.25. The standard InChI is InChI=1S/C8H19NO4S/c1-8(2,9-14(3,12)13)5-4-7(11)6-10/h7,9-11H,4-6H2,1-3H3. The van der Waals surface area contributed by atoms with E-state index in [0.29, 0.717) is 12.8 Å². The Labute approximate surface area is 85.2 Å². The Kier molecular flexibility index (Phi) is 5.00. The highest BCUT2D eigenvalue weighted by Gasteiger charge is 2.22. The molecule has 0 amide bonds. The van der Waals surface area contributed by atoms with Crippen molar-refractivity contribution in [2.45, 2.75) is 38.3 Å². The van der Waals surface area contributed by atoms with Crippen LogP contribution in [0.15, 0.2) is 0 Å². The molecule has 0 rings (SSSR count). The summed E-state index contributed by atoms with van der Waals surface area (Å²) in [6.07, 6.45) is 1.15. The van der Waals surface area contributed by atoms with Crippen molar-refractivity contribution in [3.8, 4) is 0 Å². The van der Waals surface area contributed by atoms with Gasteiger partial charge in [0.05, 0.1) is 19.0 Å². The molecule has 0 aliphatic rings. The van der Waals surface area contributed by atoms with E-state index in [1.165, 1.54) is 0 Å². The average Bonchev–Trinajstić information content (AvgIpc) is 1.96. The van der Waals surface area contributed by atoms with E-state index < -0.39 is 21.7 Å². The zero-order valence-electron chi connectivity index (χ0n) is 8.82. The van der Waals surface area contributed by atoms with Gasteiger partial charge in [-0.2, -0.15) is 0 Å². The van der Waals surface area contributed by atoms with Crippen LogP contribution >= 0.6 is 0 Å². The van der Waals surface area contributed by atoms with Crippen molar-refractivity contribution < 1.29 is 18.6 Å². The molecule has 1 atom stereocenters. The molecule has 0 aliphatic heterocycles. The molecule has 0 heterocycles. The normalized spacial score (nSPS) is 15.5. The molecule has 3 N–H and O–H groups in total. The summed E-state index contributed by atoms with van der Waals surface area (Å²) in [4.78, 5) is 0. The third-order valence-corrected chi connectivity index (χ3v) is 2.70. The lowest BCUT2D eigenvalue weighted by molar-refractivity contribution is 0.0814. The smallest absolute Gasteiger partial charge is 0.209 e. The van der Waals surface area contributed by atoms with Gasteiger partial charge in [0.2, 0.25) is 10.0 Å². The minimum absolute atomic E-state index is 0.297. The summed E-state index contributed by atoms with van der Waals surface area (Å²) >= 11 is 0. The van der Waals surface area contributed by atoms with Crippen LogP contribution < -0.4 is 4.72 Å². The topological polar surface area (TPSA) is 86.6 Å². The van der Waals surface area contributed by atoms with E-state index in [4.69, 9.17) is 10.2 Å². The minimum Gasteiger partial charge on any atom is -0.394 e. The Morgan fingerprint density at radius 1 is 1.43 bits per heavy atom. The zero-order chi connectivity index (χ0) is 11.4. The molecular weight excluding hydrogens is 206 g/mol. The van der Waals surface area contributed by atoms with Crippen LogP contribution in [0.25, 0.3) is 0 Å². The maximum Gasteiger partial charge on any atom is 0.209 e. The van der Waals surface area contributed by atoms with Crippen molar-refractivity contribution in [3.63, 3.8) is 0 Å². The van der Waals surface area contributed by atoms with E-state index >= 15 is 0 Å². The Balaban J connectivity index is 4.08. The molecule has 0 saturated heterocycles. The van der Waals surface area contributed by atoms with Gasteiger partial charge >= 0.3 is 0 Å². The first-order valence-electron chi connectivity index (χ1n) is 4.44. The Hall–Kier alpha value is -0.170. The Morgan fingerprint density at radius 3 is 2.29 bits per heavy atom. The molecule has 0 aliphatic carbocycles. The number of rotatable bonds is 6. The van der Waals surface area contributed by atoms with Gasteiger partial charge in [-0.3, -0.25) is 0 Å². The second-order valence-corrected chi connectivity index (χ2v) is 5.88. The van der Waals surface area contributed by atoms with Crippen LogP contribution in [0.5, 0.6) is 0 Å². The van der Waals surface area contributed by atoms with Gasteiger partial charge in [-0.15, -0.1) is 0 Å². The number of sulfonamides is 1. The third-order valence-electron chi connectivity index (χ3n) is 1.77. The van der Waals surface area contributed by atoms with Crippen molar-refractivity contribution >= 4 is 10.0 Å². The Bertz CT molecular complexity index is 261. The summed E-state index contributed by atoms with van der Waals surface area (Å²) in [5.74, 6) is 0. The zero-order valence-corrected chi connectivity index (χ0v) is 9.63. The van der Waals surface area contributed by atoms with Crippen molar-refractivity contribution in [3.05, 3.63) is 0 Å². The fraction of sp³-hybridized carbons (Fsp3) is 1.00. The predicted molar refractivity (Wildman–Crippen MR) is 54.4 cm³/mol. The second kappa shape index (κ2) is 5.06. The van der Waals surface area contributed by atoms with Crippen molar-refractivity contribution in [2.75, 3.05) is 12.9 Å². The van der Waals surface area contributed by atoms with Gasteiger partial charge in [0.15, 0.2) is 0 Å². The SMILES string of the molecule is CC(C)(CCC(O)CO)NS(C)(=O)=O. The number of hydrogen-bond acceptors (Lipinski definition) is 4. The summed E-state index contributed by atoms with van der Waals surface area (Å²) in [5.41, 5.74) is -0.594. The van der Waals surface area contributed by atoms with Crippen molar-refractivity contribution in [1.29, 1.82) is 0 Å². The monoisotopic (exact) mass is 225 g/mol. The maximum absolute atomic E-state index is 10.9. The number of nitrogens with one attached hydrogen (secondary N) is 1. The van der Waals surface area contributed by atoms with E-state index in [-0.39, 0.29) is 6.61 Å².